The molecule has 7 heteroatoms. The molecule has 1 amide bonds. The van der Waals surface area contributed by atoms with E-state index < -0.39 is 0 Å². The Balaban J connectivity index is 2.40. The molecule has 4 N–H and O–H groups in total. The molecule has 0 aliphatic heterocycles. The van der Waals surface area contributed by atoms with Gasteiger partial charge in [-0.05, 0) is 6.92 Å². The van der Waals surface area contributed by atoms with Crippen molar-refractivity contribution in [2.75, 3.05) is 24.1 Å². The van der Waals surface area contributed by atoms with Gasteiger partial charge in [0.15, 0.2) is 0 Å². The predicted molar refractivity (Wildman–Crippen MR) is 63.2 cm³/mol. The van der Waals surface area contributed by atoms with Crippen LogP contribution in [0, 0.1) is 0 Å². The number of nitrogens with two attached hydrogens (primary N) is 1. The molecule has 0 unspecified atom stereocenters. The van der Waals surface area contributed by atoms with Gasteiger partial charge in [-0.3, -0.25) is 4.79 Å². The molecule has 0 aromatic carbocycles. The van der Waals surface area contributed by atoms with Crippen molar-refractivity contribution in [2.45, 2.75) is 13.3 Å². The summed E-state index contributed by atoms with van der Waals surface area (Å²) < 4.78 is 0. The van der Waals surface area contributed by atoms with Crippen molar-refractivity contribution in [3.63, 3.8) is 0 Å². The van der Waals surface area contributed by atoms with Crippen LogP contribution < -0.4 is 16.4 Å². The minimum absolute atomic E-state index is 0.0110. The molecule has 0 aliphatic rings. The van der Waals surface area contributed by atoms with Crippen LogP contribution in [0.4, 0.5) is 11.8 Å². The summed E-state index contributed by atoms with van der Waals surface area (Å²) in [5.41, 5.74) is 5.41. The van der Waals surface area contributed by atoms with Crippen LogP contribution >= 0.6 is 11.6 Å². The van der Waals surface area contributed by atoms with Gasteiger partial charge in [-0.2, -0.15) is 4.98 Å². The second-order valence-electron chi connectivity index (χ2n) is 3.06. The number of carbonyl (C=O) groups is 1. The molecule has 1 heterocycles. The van der Waals surface area contributed by atoms with Crippen molar-refractivity contribution in [3.8, 4) is 0 Å². The normalized spacial score (nSPS) is 9.88. The Labute approximate surface area is 98.6 Å². The summed E-state index contributed by atoms with van der Waals surface area (Å²) in [5, 5.41) is 5.90. The third-order valence-corrected chi connectivity index (χ3v) is 1.94. The quantitative estimate of drug-likeness (QED) is 0.661. The lowest BCUT2D eigenvalue weighted by molar-refractivity contribution is -0.120. The lowest BCUT2D eigenvalue weighted by Gasteiger charge is -2.06. The van der Waals surface area contributed by atoms with E-state index in [9.17, 15) is 4.79 Å². The van der Waals surface area contributed by atoms with Crippen LogP contribution in [0.15, 0.2) is 6.07 Å². The monoisotopic (exact) mass is 243 g/mol. The first-order valence-electron chi connectivity index (χ1n) is 4.92. The summed E-state index contributed by atoms with van der Waals surface area (Å²) >= 11 is 5.69. The highest BCUT2D eigenvalue weighted by atomic mass is 35.5. The Morgan fingerprint density at radius 1 is 1.56 bits per heavy atom. The number of hydrogen-bond acceptors (Lipinski definition) is 5. The van der Waals surface area contributed by atoms with Crippen molar-refractivity contribution < 1.29 is 4.79 Å². The molecular weight excluding hydrogens is 230 g/mol. The van der Waals surface area contributed by atoms with Crippen molar-refractivity contribution in [1.82, 2.24) is 15.3 Å². The van der Waals surface area contributed by atoms with Gasteiger partial charge in [-0.15, -0.1) is 0 Å². The molecule has 0 saturated heterocycles. The standard InChI is InChI=1S/C9H14ClN5O/c1-2-12-8(16)3-4-13-7-5-6(10)14-9(11)15-7/h5H,2-4H2,1H3,(H,12,16)(H3,11,13,14,15). The highest BCUT2D eigenvalue weighted by Gasteiger charge is 2.02. The second kappa shape index (κ2) is 6.12. The number of halogens is 1. The molecule has 1 rings (SSSR count). The van der Waals surface area contributed by atoms with Crippen LogP contribution in [-0.2, 0) is 4.79 Å². The number of hydrogen-bond donors (Lipinski definition) is 3. The largest absolute Gasteiger partial charge is 0.369 e. The molecule has 0 aliphatic carbocycles. The highest BCUT2D eigenvalue weighted by molar-refractivity contribution is 6.29. The van der Waals surface area contributed by atoms with Gasteiger partial charge >= 0.3 is 0 Å². The third-order valence-electron chi connectivity index (χ3n) is 1.74. The predicted octanol–water partition coefficient (Wildman–Crippen LogP) is 0.650. The number of nitrogen functional groups attached to an aromatic ring is 1. The summed E-state index contributed by atoms with van der Waals surface area (Å²) in [6.07, 6.45) is 0.370. The first-order chi connectivity index (χ1) is 7.61. The molecule has 1 aromatic heterocycles. The summed E-state index contributed by atoms with van der Waals surface area (Å²) in [5.74, 6) is 0.609. The van der Waals surface area contributed by atoms with Crippen molar-refractivity contribution in [3.05, 3.63) is 11.2 Å². The van der Waals surface area contributed by atoms with Gasteiger partial charge < -0.3 is 16.4 Å². The fourth-order valence-corrected chi connectivity index (χ4v) is 1.31. The van der Waals surface area contributed by atoms with Crippen LogP contribution in [0.25, 0.3) is 0 Å². The molecule has 16 heavy (non-hydrogen) atoms. The van der Waals surface area contributed by atoms with Gasteiger partial charge in [0, 0.05) is 25.6 Å². The molecule has 6 nitrogen and oxygen atoms in total. The molecule has 0 atom stereocenters. The van der Waals surface area contributed by atoms with E-state index in [1.165, 1.54) is 0 Å². The van der Waals surface area contributed by atoms with E-state index in [1.54, 1.807) is 6.07 Å². The maximum atomic E-state index is 11.1. The van der Waals surface area contributed by atoms with Crippen molar-refractivity contribution in [2.24, 2.45) is 0 Å². The molecule has 0 fully saturated rings. The fraction of sp³-hybridized carbons (Fsp3) is 0.444. The SMILES string of the molecule is CCNC(=O)CCNc1cc(Cl)nc(N)n1. The van der Waals surface area contributed by atoms with Crippen LogP contribution in [-0.4, -0.2) is 29.0 Å². The molecule has 0 bridgehead atoms. The van der Waals surface area contributed by atoms with E-state index in [2.05, 4.69) is 20.6 Å². The van der Waals surface area contributed by atoms with Crippen molar-refractivity contribution >= 4 is 29.3 Å². The first-order valence-corrected chi connectivity index (χ1v) is 5.30. The average Bonchev–Trinajstić information content (AvgIpc) is 2.16. The minimum atomic E-state index is -0.0110. The van der Waals surface area contributed by atoms with Crippen molar-refractivity contribution in [1.29, 1.82) is 0 Å². The number of nitrogens with one attached hydrogen (secondary N) is 2. The molecule has 0 saturated carbocycles. The maximum Gasteiger partial charge on any atom is 0.223 e. The summed E-state index contributed by atoms with van der Waals surface area (Å²) in [4.78, 5) is 18.8. The van der Waals surface area contributed by atoms with Crippen LogP contribution in [0.5, 0.6) is 0 Å². The van der Waals surface area contributed by atoms with E-state index in [1.807, 2.05) is 6.92 Å². The number of amides is 1. The maximum absolute atomic E-state index is 11.1. The molecule has 0 radical (unpaired) electrons. The van der Waals surface area contributed by atoms with Gasteiger partial charge in [0.2, 0.25) is 11.9 Å². The Kier molecular flexibility index (Phi) is 4.78. The van der Waals surface area contributed by atoms with Gasteiger partial charge in [-0.1, -0.05) is 11.6 Å². The Hall–Kier alpha value is -1.56. The zero-order valence-electron chi connectivity index (χ0n) is 8.96. The second-order valence-corrected chi connectivity index (χ2v) is 3.45. The van der Waals surface area contributed by atoms with Gasteiger partial charge in [0.25, 0.3) is 0 Å². The Morgan fingerprint density at radius 2 is 2.31 bits per heavy atom. The van der Waals surface area contributed by atoms with E-state index in [0.717, 1.165) is 0 Å². The van der Waals surface area contributed by atoms with E-state index in [4.69, 9.17) is 17.3 Å². The molecule has 0 spiro atoms. The smallest absolute Gasteiger partial charge is 0.223 e. The topological polar surface area (TPSA) is 92.9 Å². The van der Waals surface area contributed by atoms with E-state index in [-0.39, 0.29) is 17.0 Å². The zero-order chi connectivity index (χ0) is 12.0. The first kappa shape index (κ1) is 12.5. The summed E-state index contributed by atoms with van der Waals surface area (Å²) in [6, 6.07) is 1.55. The van der Waals surface area contributed by atoms with Gasteiger partial charge in [-0.25, -0.2) is 4.98 Å². The average molecular weight is 244 g/mol. The highest BCUT2D eigenvalue weighted by Crippen LogP contribution is 2.11. The molecule has 88 valence electrons. The number of rotatable bonds is 5. The molecular formula is C9H14ClN5O. The third kappa shape index (κ3) is 4.31. The number of carbonyl (C=O) groups excluding carboxylic acids is 1. The lowest BCUT2D eigenvalue weighted by Crippen LogP contribution is -2.24. The van der Waals surface area contributed by atoms with E-state index in [0.29, 0.717) is 25.3 Å². The zero-order valence-corrected chi connectivity index (χ0v) is 9.71. The Bertz CT molecular complexity index is 351. The van der Waals surface area contributed by atoms with Crippen LogP contribution in [0.1, 0.15) is 13.3 Å². The van der Waals surface area contributed by atoms with Gasteiger partial charge in [0.1, 0.15) is 11.0 Å². The molecule has 1 aromatic rings. The van der Waals surface area contributed by atoms with Gasteiger partial charge in [0.05, 0.1) is 0 Å². The summed E-state index contributed by atoms with van der Waals surface area (Å²) in [6.45, 7) is 2.97. The van der Waals surface area contributed by atoms with Crippen LogP contribution in [0.3, 0.4) is 0 Å². The lowest BCUT2D eigenvalue weighted by atomic mass is 10.4. The Morgan fingerprint density at radius 3 is 2.94 bits per heavy atom. The number of aromatic nitrogens is 2. The van der Waals surface area contributed by atoms with E-state index >= 15 is 0 Å². The summed E-state index contributed by atoms with van der Waals surface area (Å²) in [7, 11) is 0. The number of nitrogens with zero attached hydrogens (tertiary/aromatic N) is 2. The fourth-order valence-electron chi connectivity index (χ4n) is 1.12. The minimum Gasteiger partial charge on any atom is -0.369 e. The van der Waals surface area contributed by atoms with Crippen LogP contribution in [0.2, 0.25) is 5.15 Å². The number of anilines is 2.